The van der Waals surface area contributed by atoms with E-state index in [4.69, 9.17) is 0 Å². The number of hydrogen-bond acceptors (Lipinski definition) is 6. The van der Waals surface area contributed by atoms with Gasteiger partial charge in [-0.25, -0.2) is 0 Å². The number of phenols is 3. The first-order valence-electron chi connectivity index (χ1n) is 5.19. The Morgan fingerprint density at radius 1 is 0.944 bits per heavy atom. The number of aliphatic hydroxyl groups excluding tert-OH is 1. The number of allylic oxidation sites excluding steroid dienone is 1. The fourth-order valence-electron chi connectivity index (χ4n) is 1.92. The summed E-state index contributed by atoms with van der Waals surface area (Å²) in [4.78, 5) is 23.0. The molecular formula is C12H10O6. The molecule has 0 saturated carbocycles. The number of phenolic OH excluding ortho intramolecular Hbond substituents is 3. The molecule has 0 amide bonds. The van der Waals surface area contributed by atoms with Gasteiger partial charge in [-0.3, -0.25) is 9.59 Å². The molecule has 0 bridgehead atoms. The lowest BCUT2D eigenvalue weighted by molar-refractivity contribution is -0.114. The molecular weight excluding hydrogens is 240 g/mol. The number of hydrogen-bond donors (Lipinski definition) is 4. The van der Waals surface area contributed by atoms with E-state index >= 15 is 0 Å². The molecule has 1 aliphatic rings. The summed E-state index contributed by atoms with van der Waals surface area (Å²) in [5.41, 5.74) is -0.684. The standard InChI is InChI=1S/C12H10O6/c1-2-4-8(14)7-5(10(16)9(4)15)3-6(13)11(17)12(7)18/h3,13-16H,2H2,1H3. The molecule has 18 heavy (non-hydrogen) atoms. The minimum absolute atomic E-state index is 0.0258. The molecule has 0 atom stereocenters. The van der Waals surface area contributed by atoms with Gasteiger partial charge >= 0.3 is 0 Å². The van der Waals surface area contributed by atoms with E-state index in [2.05, 4.69) is 0 Å². The molecule has 1 aliphatic carbocycles. The van der Waals surface area contributed by atoms with E-state index in [-0.39, 0.29) is 17.5 Å². The van der Waals surface area contributed by atoms with Crippen molar-refractivity contribution in [3.05, 3.63) is 22.4 Å². The van der Waals surface area contributed by atoms with Gasteiger partial charge in [0.15, 0.2) is 17.3 Å². The molecule has 6 nitrogen and oxygen atoms in total. The van der Waals surface area contributed by atoms with Crippen LogP contribution in [0.5, 0.6) is 17.2 Å². The Morgan fingerprint density at radius 2 is 1.56 bits per heavy atom. The van der Waals surface area contributed by atoms with Crippen molar-refractivity contribution in [1.29, 1.82) is 0 Å². The van der Waals surface area contributed by atoms with E-state index in [1.54, 1.807) is 6.92 Å². The predicted octanol–water partition coefficient (Wildman–Crippen LogP) is 1.03. The quantitative estimate of drug-likeness (QED) is 0.336. The number of carbonyl (C=O) groups is 2. The Kier molecular flexibility index (Phi) is 2.50. The van der Waals surface area contributed by atoms with Gasteiger partial charge < -0.3 is 20.4 Å². The summed E-state index contributed by atoms with van der Waals surface area (Å²) in [7, 11) is 0. The minimum Gasteiger partial charge on any atom is -0.507 e. The van der Waals surface area contributed by atoms with Crippen LogP contribution in [0.2, 0.25) is 0 Å². The molecule has 1 aromatic carbocycles. The Labute approximate surface area is 101 Å². The number of aromatic hydroxyl groups is 3. The van der Waals surface area contributed by atoms with Crippen molar-refractivity contribution >= 4 is 17.6 Å². The molecule has 0 aliphatic heterocycles. The van der Waals surface area contributed by atoms with Crippen molar-refractivity contribution in [2.24, 2.45) is 0 Å². The van der Waals surface area contributed by atoms with Crippen molar-refractivity contribution < 1.29 is 30.0 Å². The first-order chi connectivity index (χ1) is 8.40. The first kappa shape index (κ1) is 12.0. The average molecular weight is 250 g/mol. The summed E-state index contributed by atoms with van der Waals surface area (Å²) in [6.07, 6.45) is 1.00. The Morgan fingerprint density at radius 3 is 2.11 bits per heavy atom. The maximum Gasteiger partial charge on any atom is 0.267 e. The number of ketones is 2. The Bertz CT molecular complexity index is 612. The molecule has 6 heteroatoms. The fourth-order valence-corrected chi connectivity index (χ4v) is 1.92. The van der Waals surface area contributed by atoms with Crippen LogP contribution in [-0.4, -0.2) is 32.0 Å². The largest absolute Gasteiger partial charge is 0.507 e. The molecule has 0 aromatic heterocycles. The molecule has 0 spiro atoms. The van der Waals surface area contributed by atoms with Gasteiger partial charge in [0.05, 0.1) is 5.56 Å². The van der Waals surface area contributed by atoms with E-state index in [1.165, 1.54) is 0 Å². The van der Waals surface area contributed by atoms with Crippen LogP contribution >= 0.6 is 0 Å². The monoisotopic (exact) mass is 250 g/mol. The maximum atomic E-state index is 11.7. The summed E-state index contributed by atoms with van der Waals surface area (Å²) >= 11 is 0. The van der Waals surface area contributed by atoms with Gasteiger partial charge in [0.2, 0.25) is 5.78 Å². The molecule has 0 saturated heterocycles. The molecule has 0 unspecified atom stereocenters. The van der Waals surface area contributed by atoms with Gasteiger partial charge in [-0.15, -0.1) is 0 Å². The van der Waals surface area contributed by atoms with Crippen molar-refractivity contribution in [2.45, 2.75) is 13.3 Å². The van der Waals surface area contributed by atoms with Gasteiger partial charge in [-0.05, 0) is 12.5 Å². The van der Waals surface area contributed by atoms with Gasteiger partial charge in [-0.1, -0.05) is 6.92 Å². The summed E-state index contributed by atoms with van der Waals surface area (Å²) < 4.78 is 0. The molecule has 0 fully saturated rings. The van der Waals surface area contributed by atoms with Crippen LogP contribution in [0, 0.1) is 0 Å². The third-order valence-electron chi connectivity index (χ3n) is 2.86. The van der Waals surface area contributed by atoms with E-state index < -0.39 is 40.1 Å². The minimum atomic E-state index is -1.16. The van der Waals surface area contributed by atoms with E-state index in [0.717, 1.165) is 6.08 Å². The van der Waals surface area contributed by atoms with Crippen molar-refractivity contribution in [2.75, 3.05) is 0 Å². The summed E-state index contributed by atoms with van der Waals surface area (Å²) in [5.74, 6) is -4.89. The zero-order valence-corrected chi connectivity index (χ0v) is 9.39. The zero-order chi connectivity index (χ0) is 13.6. The van der Waals surface area contributed by atoms with Crippen LogP contribution in [-0.2, 0) is 11.2 Å². The van der Waals surface area contributed by atoms with Crippen molar-refractivity contribution in [3.8, 4) is 17.2 Å². The number of rotatable bonds is 1. The molecule has 94 valence electrons. The Balaban J connectivity index is 2.91. The lowest BCUT2D eigenvalue weighted by Gasteiger charge is -2.17. The molecule has 2 rings (SSSR count). The van der Waals surface area contributed by atoms with Crippen LogP contribution in [0.15, 0.2) is 5.76 Å². The number of benzene rings is 1. The SMILES string of the molecule is CCc1c(O)c(O)c2c(c1O)C(=O)C(=O)C(O)=C2. The normalized spacial score (nSPS) is 14.4. The second-order valence-corrected chi connectivity index (χ2v) is 3.85. The molecule has 1 aromatic rings. The van der Waals surface area contributed by atoms with Gasteiger partial charge in [0.1, 0.15) is 5.75 Å². The summed E-state index contributed by atoms with van der Waals surface area (Å²) in [6.45, 7) is 1.60. The number of fused-ring (bicyclic) bond motifs is 1. The topological polar surface area (TPSA) is 115 Å². The van der Waals surface area contributed by atoms with Gasteiger partial charge in [-0.2, -0.15) is 0 Å². The number of Topliss-reactive ketones (excluding diaryl/α,β-unsaturated/α-hetero) is 2. The van der Waals surface area contributed by atoms with E-state index in [1.807, 2.05) is 0 Å². The van der Waals surface area contributed by atoms with Crippen LogP contribution in [0.3, 0.4) is 0 Å². The van der Waals surface area contributed by atoms with Crippen LogP contribution in [0.25, 0.3) is 6.08 Å². The Hall–Kier alpha value is -2.50. The maximum absolute atomic E-state index is 11.7. The van der Waals surface area contributed by atoms with Gasteiger partial charge in [0, 0.05) is 11.1 Å². The van der Waals surface area contributed by atoms with E-state index in [0.29, 0.717) is 0 Å². The molecule has 0 radical (unpaired) electrons. The molecule has 0 heterocycles. The predicted molar refractivity (Wildman–Crippen MR) is 60.8 cm³/mol. The van der Waals surface area contributed by atoms with E-state index in [9.17, 15) is 30.0 Å². The highest BCUT2D eigenvalue weighted by Crippen LogP contribution is 2.45. The van der Waals surface area contributed by atoms with Crippen LogP contribution < -0.4 is 0 Å². The molecule has 4 N–H and O–H groups in total. The van der Waals surface area contributed by atoms with Crippen molar-refractivity contribution in [1.82, 2.24) is 0 Å². The highest BCUT2D eigenvalue weighted by atomic mass is 16.3. The first-order valence-corrected chi connectivity index (χ1v) is 5.19. The van der Waals surface area contributed by atoms with Crippen LogP contribution in [0.4, 0.5) is 0 Å². The lowest BCUT2D eigenvalue weighted by atomic mass is 9.89. The third-order valence-corrected chi connectivity index (χ3v) is 2.86. The second-order valence-electron chi connectivity index (χ2n) is 3.85. The van der Waals surface area contributed by atoms with Crippen LogP contribution in [0.1, 0.15) is 28.4 Å². The second kappa shape index (κ2) is 3.76. The van der Waals surface area contributed by atoms with Gasteiger partial charge in [0.25, 0.3) is 5.78 Å². The smallest absolute Gasteiger partial charge is 0.267 e. The summed E-state index contributed by atoms with van der Waals surface area (Å²) in [5, 5.41) is 38.5. The lowest BCUT2D eigenvalue weighted by Crippen LogP contribution is -2.21. The third kappa shape index (κ3) is 1.35. The average Bonchev–Trinajstić information content (AvgIpc) is 2.33. The number of aliphatic hydroxyl groups is 1. The fraction of sp³-hybridized carbons (Fsp3) is 0.167. The van der Waals surface area contributed by atoms with Crippen molar-refractivity contribution in [3.63, 3.8) is 0 Å². The highest BCUT2D eigenvalue weighted by molar-refractivity contribution is 6.51. The highest BCUT2D eigenvalue weighted by Gasteiger charge is 2.34. The zero-order valence-electron chi connectivity index (χ0n) is 9.39. The number of carbonyl (C=O) groups excluding carboxylic acids is 2. The summed E-state index contributed by atoms with van der Waals surface area (Å²) in [6, 6.07) is 0.